The van der Waals surface area contributed by atoms with Gasteiger partial charge in [-0.15, -0.1) is 0 Å². The third kappa shape index (κ3) is 8.01. The Kier molecular flexibility index (Phi) is 8.97. The van der Waals surface area contributed by atoms with E-state index in [0.29, 0.717) is 9.67 Å². The zero-order valence-corrected chi connectivity index (χ0v) is 15.6. The molecule has 0 unspecified atom stereocenters. The predicted octanol–water partition coefficient (Wildman–Crippen LogP) is 5.46. The first-order valence-electron chi connectivity index (χ1n) is 8.84. The first kappa shape index (κ1) is 19.1. The number of H-pyrrole nitrogens is 2. The molecule has 2 rings (SSSR count). The van der Waals surface area contributed by atoms with Gasteiger partial charge in [-0.25, -0.2) is 0 Å². The van der Waals surface area contributed by atoms with Gasteiger partial charge in [0.1, 0.15) is 11.6 Å². The van der Waals surface area contributed by atoms with E-state index >= 15 is 0 Å². The van der Waals surface area contributed by atoms with Crippen LogP contribution in [-0.4, -0.2) is 20.3 Å². The zero-order valence-electron chi connectivity index (χ0n) is 14.0. The molecule has 0 atom stereocenters. The van der Waals surface area contributed by atoms with Crippen molar-refractivity contribution < 1.29 is 9.05 Å². The quantitative estimate of drug-likeness (QED) is 0.359. The average Bonchev–Trinajstić information content (AvgIpc) is 3.17. The van der Waals surface area contributed by atoms with Gasteiger partial charge in [0.05, 0.1) is 0 Å². The van der Waals surface area contributed by atoms with Crippen LogP contribution in [0.3, 0.4) is 0 Å². The van der Waals surface area contributed by atoms with Crippen LogP contribution in [0.4, 0.5) is 0 Å². The Morgan fingerprint density at radius 2 is 0.917 bits per heavy atom. The molecule has 0 amide bonds. The van der Waals surface area contributed by atoms with Crippen molar-refractivity contribution in [3.8, 4) is 0 Å². The van der Waals surface area contributed by atoms with Crippen LogP contribution >= 0.6 is 24.4 Å². The largest absolute Gasteiger partial charge is 0.324 e. The molecule has 0 saturated heterocycles. The smallest absolute Gasteiger partial charge is 0.294 e. The highest BCUT2D eigenvalue weighted by Crippen LogP contribution is 2.12. The molecular weight excluding hydrogens is 344 g/mol. The fraction of sp³-hybridized carbons (Fsp3) is 0.750. The molecule has 0 fully saturated rings. The van der Waals surface area contributed by atoms with Gasteiger partial charge in [-0.2, -0.15) is 0 Å². The van der Waals surface area contributed by atoms with E-state index in [1.165, 1.54) is 51.4 Å². The van der Waals surface area contributed by atoms with E-state index in [1.54, 1.807) is 0 Å². The fourth-order valence-corrected chi connectivity index (χ4v) is 3.05. The number of aryl methyl sites for hydroxylation is 2. The molecule has 0 aromatic carbocycles. The summed E-state index contributed by atoms with van der Waals surface area (Å²) in [6, 6.07) is 0. The van der Waals surface area contributed by atoms with Gasteiger partial charge in [-0.1, -0.05) is 61.7 Å². The Hall–Kier alpha value is -1.28. The summed E-state index contributed by atoms with van der Waals surface area (Å²) < 4.78 is 9.67. The molecule has 2 aromatic heterocycles. The SMILES string of the molecule is S=c1[nH]c(CCCCCCCCCCCCc2noc(=S)[nH]2)no1. The molecule has 2 heterocycles. The summed E-state index contributed by atoms with van der Waals surface area (Å²) >= 11 is 9.70. The lowest BCUT2D eigenvalue weighted by molar-refractivity contribution is 0.397. The summed E-state index contributed by atoms with van der Waals surface area (Å²) in [5, 5.41) is 7.74. The van der Waals surface area contributed by atoms with Gasteiger partial charge < -0.3 is 9.05 Å². The average molecular weight is 371 g/mol. The standard InChI is InChI=1S/C16H26N4O2S2/c23-15-17-13(19-21-15)11-9-7-5-3-1-2-4-6-8-10-12-14-18-16(24)22-20-14/h1-12H2,(H,17,19,23)(H,18,20,24). The van der Waals surface area contributed by atoms with Gasteiger partial charge in [-0.3, -0.25) is 9.97 Å². The lowest BCUT2D eigenvalue weighted by Gasteiger charge is -2.02. The van der Waals surface area contributed by atoms with Crippen molar-refractivity contribution in [2.75, 3.05) is 0 Å². The second-order valence-corrected chi connectivity index (χ2v) is 6.86. The van der Waals surface area contributed by atoms with Crippen molar-refractivity contribution in [3.05, 3.63) is 21.3 Å². The van der Waals surface area contributed by atoms with Crippen molar-refractivity contribution in [1.29, 1.82) is 0 Å². The molecule has 0 radical (unpaired) electrons. The number of nitrogens with zero attached hydrogens (tertiary/aromatic N) is 2. The molecule has 2 N–H and O–H groups in total. The number of aromatic nitrogens is 4. The maximum absolute atomic E-state index is 4.85. The van der Waals surface area contributed by atoms with Crippen molar-refractivity contribution in [2.24, 2.45) is 0 Å². The minimum Gasteiger partial charge on any atom is -0.324 e. The zero-order chi connectivity index (χ0) is 17.0. The van der Waals surface area contributed by atoms with Crippen LogP contribution in [0, 0.1) is 9.67 Å². The lowest BCUT2D eigenvalue weighted by Crippen LogP contribution is -1.89. The van der Waals surface area contributed by atoms with Crippen molar-refractivity contribution in [1.82, 2.24) is 20.3 Å². The molecule has 0 aliphatic carbocycles. The van der Waals surface area contributed by atoms with E-state index in [9.17, 15) is 0 Å². The third-order valence-electron chi connectivity index (χ3n) is 4.05. The van der Waals surface area contributed by atoms with E-state index in [-0.39, 0.29) is 0 Å². The summed E-state index contributed by atoms with van der Waals surface area (Å²) in [6.45, 7) is 0. The van der Waals surface area contributed by atoms with Crippen LogP contribution in [0.5, 0.6) is 0 Å². The van der Waals surface area contributed by atoms with Crippen LogP contribution in [0.15, 0.2) is 9.05 Å². The van der Waals surface area contributed by atoms with Gasteiger partial charge in [0.25, 0.3) is 9.67 Å². The monoisotopic (exact) mass is 370 g/mol. The number of aromatic amines is 2. The first-order chi connectivity index (χ1) is 11.7. The Labute approximate surface area is 152 Å². The minimum atomic E-state index is 0.370. The molecule has 0 aliphatic rings. The van der Waals surface area contributed by atoms with Crippen LogP contribution in [0.25, 0.3) is 0 Å². The Bertz CT molecular complexity index is 615. The number of hydrogen-bond acceptors (Lipinski definition) is 6. The van der Waals surface area contributed by atoms with E-state index < -0.39 is 0 Å². The van der Waals surface area contributed by atoms with E-state index in [1.807, 2.05) is 0 Å². The summed E-state index contributed by atoms with van der Waals surface area (Å²) in [5.41, 5.74) is 0. The highest BCUT2D eigenvalue weighted by molar-refractivity contribution is 7.71. The molecule has 24 heavy (non-hydrogen) atoms. The maximum Gasteiger partial charge on any atom is 0.294 e. The molecular formula is C16H26N4O2S2. The Morgan fingerprint density at radius 3 is 1.21 bits per heavy atom. The van der Waals surface area contributed by atoms with Gasteiger partial charge in [0.15, 0.2) is 0 Å². The maximum atomic E-state index is 4.85. The van der Waals surface area contributed by atoms with Gasteiger partial charge in [0.2, 0.25) is 0 Å². The summed E-state index contributed by atoms with van der Waals surface area (Å²) in [4.78, 5) is 6.63. The Morgan fingerprint density at radius 1 is 0.583 bits per heavy atom. The number of unbranched alkanes of at least 4 members (excludes halogenated alkanes) is 9. The van der Waals surface area contributed by atoms with Crippen LogP contribution in [0.1, 0.15) is 75.9 Å². The van der Waals surface area contributed by atoms with Gasteiger partial charge in [-0.05, 0) is 37.3 Å². The molecule has 0 aliphatic heterocycles. The summed E-state index contributed by atoms with van der Waals surface area (Å²) in [6.07, 6.45) is 14.5. The molecule has 134 valence electrons. The summed E-state index contributed by atoms with van der Waals surface area (Å²) in [5.74, 6) is 1.74. The van der Waals surface area contributed by atoms with Crippen LogP contribution in [-0.2, 0) is 12.8 Å². The highest BCUT2D eigenvalue weighted by Gasteiger charge is 2.00. The normalized spacial score (nSPS) is 11.2. The van der Waals surface area contributed by atoms with Crippen LogP contribution in [0.2, 0.25) is 0 Å². The third-order valence-corrected chi connectivity index (χ3v) is 4.40. The summed E-state index contributed by atoms with van der Waals surface area (Å²) in [7, 11) is 0. The van der Waals surface area contributed by atoms with E-state index in [0.717, 1.165) is 37.3 Å². The van der Waals surface area contributed by atoms with Crippen molar-refractivity contribution in [2.45, 2.75) is 77.0 Å². The fourth-order valence-electron chi connectivity index (χ4n) is 2.74. The van der Waals surface area contributed by atoms with E-state index in [2.05, 4.69) is 20.3 Å². The van der Waals surface area contributed by atoms with Gasteiger partial charge >= 0.3 is 0 Å². The first-order valence-corrected chi connectivity index (χ1v) is 9.65. The molecule has 0 spiro atoms. The molecule has 8 heteroatoms. The van der Waals surface area contributed by atoms with Gasteiger partial charge in [0, 0.05) is 12.8 Å². The van der Waals surface area contributed by atoms with Crippen LogP contribution < -0.4 is 0 Å². The van der Waals surface area contributed by atoms with Crippen molar-refractivity contribution in [3.63, 3.8) is 0 Å². The number of hydrogen-bond donors (Lipinski definition) is 2. The minimum absolute atomic E-state index is 0.370. The topological polar surface area (TPSA) is 83.6 Å². The number of rotatable bonds is 13. The molecule has 0 bridgehead atoms. The predicted molar refractivity (Wildman–Crippen MR) is 97.0 cm³/mol. The number of nitrogens with one attached hydrogen (secondary N) is 2. The second-order valence-electron chi connectivity index (χ2n) is 6.12. The van der Waals surface area contributed by atoms with Crippen molar-refractivity contribution >= 4 is 24.4 Å². The lowest BCUT2D eigenvalue weighted by atomic mass is 10.1. The molecule has 2 aromatic rings. The Balaban J connectivity index is 1.33. The second kappa shape index (κ2) is 11.3. The molecule has 6 nitrogen and oxygen atoms in total. The van der Waals surface area contributed by atoms with E-state index in [4.69, 9.17) is 33.5 Å². The highest BCUT2D eigenvalue weighted by atomic mass is 32.1. The molecule has 0 saturated carbocycles.